The van der Waals surface area contributed by atoms with E-state index in [4.69, 9.17) is 0 Å². The molecule has 0 unspecified atom stereocenters. The largest absolute Gasteiger partial charge is 0.295 e. The molecular formula is C14H10Br2O. The molecule has 0 aliphatic heterocycles. The molecule has 0 N–H and O–H groups in total. The van der Waals surface area contributed by atoms with Crippen molar-refractivity contribution in [3.63, 3.8) is 0 Å². The normalized spacial score (nSPS) is 10.3. The van der Waals surface area contributed by atoms with Gasteiger partial charge < -0.3 is 0 Å². The lowest BCUT2D eigenvalue weighted by Gasteiger charge is -2.04. The second-order valence-corrected chi connectivity index (χ2v) is 5.62. The first-order valence-electron chi connectivity index (χ1n) is 5.14. The molecule has 0 atom stereocenters. The van der Waals surface area contributed by atoms with Crippen LogP contribution in [0.3, 0.4) is 0 Å². The maximum absolute atomic E-state index is 11.2. The summed E-state index contributed by atoms with van der Waals surface area (Å²) in [5.41, 5.74) is 2.95. The summed E-state index contributed by atoms with van der Waals surface area (Å²) in [5, 5.41) is 0. The zero-order chi connectivity index (χ0) is 12.4. The number of hydrogen-bond acceptors (Lipinski definition) is 1. The van der Waals surface area contributed by atoms with Crippen molar-refractivity contribution in [3.05, 3.63) is 57.0 Å². The fourth-order valence-electron chi connectivity index (χ4n) is 1.62. The summed E-state index contributed by atoms with van der Waals surface area (Å²) in [7, 11) is 0. The third kappa shape index (κ3) is 3.05. The number of hydrogen-bond donors (Lipinski definition) is 0. The zero-order valence-electron chi connectivity index (χ0n) is 9.21. The molecule has 2 rings (SSSR count). The van der Waals surface area contributed by atoms with Crippen LogP contribution in [0.2, 0.25) is 0 Å². The quantitative estimate of drug-likeness (QED) is 0.688. The highest BCUT2D eigenvalue weighted by molar-refractivity contribution is 9.11. The molecule has 3 heteroatoms. The predicted molar refractivity (Wildman–Crippen MR) is 77.3 cm³/mol. The van der Waals surface area contributed by atoms with Gasteiger partial charge in [-0.3, -0.25) is 4.79 Å². The molecule has 0 saturated carbocycles. The predicted octanol–water partition coefficient (Wildman–Crippen LogP) is 5.08. The number of rotatable bonds is 2. The molecule has 0 spiro atoms. The van der Waals surface area contributed by atoms with Crippen LogP contribution >= 0.6 is 31.9 Å². The van der Waals surface area contributed by atoms with Crippen molar-refractivity contribution in [1.82, 2.24) is 0 Å². The molecule has 0 fully saturated rings. The van der Waals surface area contributed by atoms with Crippen LogP contribution in [0.4, 0.5) is 0 Å². The van der Waals surface area contributed by atoms with Gasteiger partial charge in [0.15, 0.2) is 5.78 Å². The zero-order valence-corrected chi connectivity index (χ0v) is 12.4. The van der Waals surface area contributed by atoms with Crippen LogP contribution in [-0.2, 0) is 0 Å². The second kappa shape index (κ2) is 5.15. The van der Waals surface area contributed by atoms with Gasteiger partial charge in [0.2, 0.25) is 0 Å². The fraction of sp³-hybridized carbons (Fsp3) is 0.0714. The van der Waals surface area contributed by atoms with E-state index < -0.39 is 0 Å². The van der Waals surface area contributed by atoms with Crippen LogP contribution in [0.5, 0.6) is 0 Å². The Hall–Kier alpha value is -0.930. The van der Waals surface area contributed by atoms with Crippen molar-refractivity contribution in [3.8, 4) is 11.1 Å². The average Bonchev–Trinajstić information content (AvgIpc) is 2.28. The van der Waals surface area contributed by atoms with Gasteiger partial charge in [-0.1, -0.05) is 56.1 Å². The fourth-order valence-corrected chi connectivity index (χ4v) is 2.91. The minimum absolute atomic E-state index is 0.0898. The minimum atomic E-state index is 0.0898. The summed E-state index contributed by atoms with van der Waals surface area (Å²) >= 11 is 6.93. The molecule has 0 amide bonds. The topological polar surface area (TPSA) is 17.1 Å². The SMILES string of the molecule is CC(=O)c1ccc(-c2cc(Br)cc(Br)c2)cc1. The molecular weight excluding hydrogens is 344 g/mol. The Morgan fingerprint density at radius 3 is 1.88 bits per heavy atom. The molecule has 1 nitrogen and oxygen atoms in total. The summed E-state index contributed by atoms with van der Waals surface area (Å²) in [6, 6.07) is 13.7. The highest BCUT2D eigenvalue weighted by atomic mass is 79.9. The van der Waals surface area contributed by atoms with Crippen LogP contribution < -0.4 is 0 Å². The summed E-state index contributed by atoms with van der Waals surface area (Å²) in [6.07, 6.45) is 0. The first kappa shape index (κ1) is 12.5. The van der Waals surface area contributed by atoms with Crippen LogP contribution in [-0.4, -0.2) is 5.78 Å². The van der Waals surface area contributed by atoms with E-state index in [-0.39, 0.29) is 5.78 Å². The molecule has 0 saturated heterocycles. The Kier molecular flexibility index (Phi) is 3.79. The van der Waals surface area contributed by atoms with Crippen LogP contribution in [0, 0.1) is 0 Å². The van der Waals surface area contributed by atoms with Crippen LogP contribution in [0.15, 0.2) is 51.4 Å². The molecule has 2 aromatic carbocycles. The van der Waals surface area contributed by atoms with Gasteiger partial charge in [0.1, 0.15) is 0 Å². The number of Topliss-reactive ketones (excluding diaryl/α,β-unsaturated/α-hetero) is 1. The Morgan fingerprint density at radius 2 is 1.41 bits per heavy atom. The van der Waals surface area contributed by atoms with Crippen molar-refractivity contribution in [2.24, 2.45) is 0 Å². The Morgan fingerprint density at radius 1 is 0.882 bits per heavy atom. The van der Waals surface area contributed by atoms with Gasteiger partial charge in [0.05, 0.1) is 0 Å². The monoisotopic (exact) mass is 352 g/mol. The van der Waals surface area contributed by atoms with E-state index in [1.54, 1.807) is 6.92 Å². The molecule has 0 bridgehead atoms. The van der Waals surface area contributed by atoms with Gasteiger partial charge in [-0.25, -0.2) is 0 Å². The van der Waals surface area contributed by atoms with Gasteiger partial charge in [0.25, 0.3) is 0 Å². The molecule has 0 heterocycles. The Labute approximate surface area is 117 Å². The molecule has 0 aliphatic carbocycles. The van der Waals surface area contributed by atoms with Gasteiger partial charge in [-0.2, -0.15) is 0 Å². The number of carbonyl (C=O) groups excluding carboxylic acids is 1. The first-order valence-corrected chi connectivity index (χ1v) is 6.72. The molecule has 0 radical (unpaired) electrons. The molecule has 86 valence electrons. The van der Waals surface area contributed by atoms with E-state index in [0.717, 1.165) is 25.6 Å². The van der Waals surface area contributed by atoms with E-state index in [1.807, 2.05) is 42.5 Å². The van der Waals surface area contributed by atoms with Crippen molar-refractivity contribution >= 4 is 37.6 Å². The summed E-state index contributed by atoms with van der Waals surface area (Å²) in [6.45, 7) is 1.57. The highest BCUT2D eigenvalue weighted by Gasteiger charge is 2.03. The van der Waals surface area contributed by atoms with E-state index >= 15 is 0 Å². The number of halogens is 2. The van der Waals surface area contributed by atoms with E-state index in [0.29, 0.717) is 0 Å². The number of ketones is 1. The Bertz CT molecular complexity index is 539. The summed E-state index contributed by atoms with van der Waals surface area (Å²) < 4.78 is 2.05. The van der Waals surface area contributed by atoms with Crippen molar-refractivity contribution < 1.29 is 4.79 Å². The van der Waals surface area contributed by atoms with Crippen LogP contribution in [0.1, 0.15) is 17.3 Å². The van der Waals surface area contributed by atoms with E-state index in [1.165, 1.54) is 0 Å². The smallest absolute Gasteiger partial charge is 0.159 e. The van der Waals surface area contributed by atoms with Crippen molar-refractivity contribution in [2.45, 2.75) is 6.92 Å². The van der Waals surface area contributed by atoms with Gasteiger partial charge in [0, 0.05) is 14.5 Å². The average molecular weight is 354 g/mol. The third-order valence-electron chi connectivity index (χ3n) is 2.49. The second-order valence-electron chi connectivity index (χ2n) is 3.79. The number of benzene rings is 2. The van der Waals surface area contributed by atoms with Crippen molar-refractivity contribution in [1.29, 1.82) is 0 Å². The lowest BCUT2D eigenvalue weighted by molar-refractivity contribution is 0.101. The maximum atomic E-state index is 11.2. The van der Waals surface area contributed by atoms with E-state index in [2.05, 4.69) is 31.9 Å². The third-order valence-corrected chi connectivity index (χ3v) is 3.40. The standard InChI is InChI=1S/C14H10Br2O/c1-9(17)10-2-4-11(5-3-10)12-6-13(15)8-14(16)7-12/h2-8H,1H3. The minimum Gasteiger partial charge on any atom is -0.295 e. The molecule has 2 aromatic rings. The maximum Gasteiger partial charge on any atom is 0.159 e. The molecule has 17 heavy (non-hydrogen) atoms. The molecule has 0 aromatic heterocycles. The summed E-state index contributed by atoms with van der Waals surface area (Å²) in [4.78, 5) is 11.2. The summed E-state index contributed by atoms with van der Waals surface area (Å²) in [5.74, 6) is 0.0898. The lowest BCUT2D eigenvalue weighted by atomic mass is 10.0. The van der Waals surface area contributed by atoms with Crippen LogP contribution in [0.25, 0.3) is 11.1 Å². The first-order chi connectivity index (χ1) is 8.06. The van der Waals surface area contributed by atoms with Gasteiger partial charge in [-0.15, -0.1) is 0 Å². The molecule has 0 aliphatic rings. The lowest BCUT2D eigenvalue weighted by Crippen LogP contribution is -1.90. The van der Waals surface area contributed by atoms with Crippen molar-refractivity contribution in [2.75, 3.05) is 0 Å². The van der Waals surface area contributed by atoms with Gasteiger partial charge in [-0.05, 0) is 36.2 Å². The Balaban J connectivity index is 2.43. The number of carbonyl (C=O) groups is 1. The van der Waals surface area contributed by atoms with Gasteiger partial charge >= 0.3 is 0 Å². The highest BCUT2D eigenvalue weighted by Crippen LogP contribution is 2.27. The van der Waals surface area contributed by atoms with E-state index in [9.17, 15) is 4.79 Å².